The van der Waals surface area contributed by atoms with Crippen molar-refractivity contribution in [1.29, 1.82) is 0 Å². The lowest BCUT2D eigenvalue weighted by Gasteiger charge is -2.06. The van der Waals surface area contributed by atoms with E-state index in [2.05, 4.69) is 15.6 Å². The van der Waals surface area contributed by atoms with E-state index in [1.807, 2.05) is 6.20 Å². The first-order chi connectivity index (χ1) is 8.75. The highest BCUT2D eigenvalue weighted by molar-refractivity contribution is 6.31. The summed E-state index contributed by atoms with van der Waals surface area (Å²) in [6.45, 7) is 2.30. The van der Waals surface area contributed by atoms with Crippen LogP contribution in [0.2, 0.25) is 5.02 Å². The smallest absolute Gasteiger partial charge is 0.124 e. The number of hydrogen-bond acceptors (Lipinski definition) is 3. The maximum atomic E-state index is 12.8. The van der Waals surface area contributed by atoms with E-state index in [9.17, 15) is 4.39 Å². The predicted molar refractivity (Wildman–Crippen MR) is 67.8 cm³/mol. The van der Waals surface area contributed by atoms with Crippen LogP contribution in [0.1, 0.15) is 12.0 Å². The van der Waals surface area contributed by atoms with Gasteiger partial charge in [0.05, 0.1) is 6.20 Å². The van der Waals surface area contributed by atoms with E-state index in [4.69, 9.17) is 11.6 Å². The molecule has 0 spiro atoms. The molecule has 0 radical (unpaired) electrons. The Labute approximate surface area is 110 Å². The summed E-state index contributed by atoms with van der Waals surface area (Å²) >= 11 is 5.92. The van der Waals surface area contributed by atoms with Gasteiger partial charge in [-0.3, -0.25) is 4.68 Å². The van der Waals surface area contributed by atoms with E-state index < -0.39 is 0 Å². The predicted octanol–water partition coefficient (Wildman–Crippen LogP) is 2.25. The van der Waals surface area contributed by atoms with Gasteiger partial charge in [-0.05, 0) is 30.7 Å². The van der Waals surface area contributed by atoms with Crippen molar-refractivity contribution < 1.29 is 4.39 Å². The van der Waals surface area contributed by atoms with Gasteiger partial charge >= 0.3 is 0 Å². The van der Waals surface area contributed by atoms with Crippen molar-refractivity contribution in [1.82, 2.24) is 20.3 Å². The van der Waals surface area contributed by atoms with Gasteiger partial charge in [0.15, 0.2) is 0 Å². The molecule has 0 amide bonds. The Balaban J connectivity index is 1.69. The van der Waals surface area contributed by atoms with E-state index in [0.717, 1.165) is 25.1 Å². The normalized spacial score (nSPS) is 10.8. The highest BCUT2D eigenvalue weighted by Gasteiger charge is 2.01. The van der Waals surface area contributed by atoms with Gasteiger partial charge in [-0.15, -0.1) is 5.10 Å². The summed E-state index contributed by atoms with van der Waals surface area (Å²) in [5, 5.41) is 11.3. The van der Waals surface area contributed by atoms with E-state index in [1.54, 1.807) is 16.9 Å². The zero-order valence-electron chi connectivity index (χ0n) is 9.81. The highest BCUT2D eigenvalue weighted by Crippen LogP contribution is 2.16. The maximum absolute atomic E-state index is 12.8. The first-order valence-electron chi connectivity index (χ1n) is 5.74. The van der Waals surface area contributed by atoms with Gasteiger partial charge in [0.1, 0.15) is 5.82 Å². The molecule has 2 rings (SSSR count). The molecule has 0 unspecified atom stereocenters. The molecule has 1 aromatic carbocycles. The Morgan fingerprint density at radius 1 is 1.39 bits per heavy atom. The Morgan fingerprint density at radius 3 is 3.00 bits per heavy atom. The van der Waals surface area contributed by atoms with Crippen molar-refractivity contribution in [3.63, 3.8) is 0 Å². The summed E-state index contributed by atoms with van der Waals surface area (Å²) in [5.74, 6) is -0.310. The minimum atomic E-state index is -0.310. The van der Waals surface area contributed by atoms with Crippen LogP contribution in [0.5, 0.6) is 0 Å². The van der Waals surface area contributed by atoms with Gasteiger partial charge in [-0.25, -0.2) is 4.39 Å². The molecule has 1 heterocycles. The SMILES string of the molecule is Fc1ccc(CNCCCn2ccnn2)c(Cl)c1. The van der Waals surface area contributed by atoms with E-state index in [-0.39, 0.29) is 5.82 Å². The van der Waals surface area contributed by atoms with Crippen LogP contribution in [0.4, 0.5) is 4.39 Å². The molecule has 6 heteroatoms. The number of nitrogens with zero attached hydrogens (tertiary/aromatic N) is 3. The number of halogens is 2. The average Bonchev–Trinajstić information content (AvgIpc) is 2.84. The summed E-state index contributed by atoms with van der Waals surface area (Å²) in [7, 11) is 0. The van der Waals surface area contributed by atoms with Crippen LogP contribution in [0.15, 0.2) is 30.6 Å². The number of aryl methyl sites for hydroxylation is 1. The molecular formula is C12H14ClFN4. The molecule has 4 nitrogen and oxygen atoms in total. The molecule has 2 aromatic rings. The quantitative estimate of drug-likeness (QED) is 0.817. The lowest BCUT2D eigenvalue weighted by atomic mass is 10.2. The number of nitrogens with one attached hydrogen (secondary N) is 1. The summed E-state index contributed by atoms with van der Waals surface area (Å²) in [6, 6.07) is 4.44. The molecule has 1 aromatic heterocycles. The fraction of sp³-hybridized carbons (Fsp3) is 0.333. The van der Waals surface area contributed by atoms with Crippen LogP contribution in [0.25, 0.3) is 0 Å². The van der Waals surface area contributed by atoms with Gasteiger partial charge in [-0.2, -0.15) is 0 Å². The first kappa shape index (κ1) is 13.0. The van der Waals surface area contributed by atoms with E-state index in [1.165, 1.54) is 12.1 Å². The third-order valence-electron chi connectivity index (χ3n) is 2.54. The first-order valence-corrected chi connectivity index (χ1v) is 6.12. The Kier molecular flexibility index (Phi) is 4.66. The fourth-order valence-electron chi connectivity index (χ4n) is 1.61. The number of benzene rings is 1. The average molecular weight is 269 g/mol. The third-order valence-corrected chi connectivity index (χ3v) is 2.90. The Morgan fingerprint density at radius 2 is 2.28 bits per heavy atom. The zero-order valence-corrected chi connectivity index (χ0v) is 10.6. The van der Waals surface area contributed by atoms with Crippen molar-refractivity contribution in [3.05, 3.63) is 47.0 Å². The second-order valence-corrected chi connectivity index (χ2v) is 4.34. The van der Waals surface area contributed by atoms with E-state index >= 15 is 0 Å². The second-order valence-electron chi connectivity index (χ2n) is 3.93. The van der Waals surface area contributed by atoms with E-state index in [0.29, 0.717) is 11.6 Å². The largest absolute Gasteiger partial charge is 0.313 e. The maximum Gasteiger partial charge on any atom is 0.124 e. The topological polar surface area (TPSA) is 42.7 Å². The number of rotatable bonds is 6. The van der Waals surface area contributed by atoms with Gasteiger partial charge < -0.3 is 5.32 Å². The Hall–Kier alpha value is -1.46. The van der Waals surface area contributed by atoms with Crippen LogP contribution in [-0.4, -0.2) is 21.5 Å². The molecule has 96 valence electrons. The summed E-state index contributed by atoms with van der Waals surface area (Å²) < 4.78 is 14.6. The molecule has 0 aliphatic rings. The molecule has 0 atom stereocenters. The van der Waals surface area contributed by atoms with Gasteiger partial charge in [0.25, 0.3) is 0 Å². The molecule has 0 aliphatic heterocycles. The van der Waals surface area contributed by atoms with Crippen molar-refractivity contribution in [2.24, 2.45) is 0 Å². The van der Waals surface area contributed by atoms with Crippen LogP contribution in [-0.2, 0) is 13.1 Å². The van der Waals surface area contributed by atoms with Gasteiger partial charge in [0.2, 0.25) is 0 Å². The molecule has 0 bridgehead atoms. The molecule has 18 heavy (non-hydrogen) atoms. The minimum Gasteiger partial charge on any atom is -0.313 e. The van der Waals surface area contributed by atoms with Gasteiger partial charge in [-0.1, -0.05) is 22.9 Å². The van der Waals surface area contributed by atoms with Crippen molar-refractivity contribution in [2.45, 2.75) is 19.5 Å². The fourth-order valence-corrected chi connectivity index (χ4v) is 1.84. The standard InChI is InChI=1S/C12H14ClFN4/c13-12-8-11(14)3-2-10(12)9-15-4-1-6-18-7-5-16-17-18/h2-3,5,7-8,15H,1,4,6,9H2. The van der Waals surface area contributed by atoms with Crippen molar-refractivity contribution in [2.75, 3.05) is 6.54 Å². The van der Waals surface area contributed by atoms with Crippen LogP contribution in [0, 0.1) is 5.82 Å². The van der Waals surface area contributed by atoms with Gasteiger partial charge in [0, 0.05) is 24.3 Å². The third kappa shape index (κ3) is 3.78. The van der Waals surface area contributed by atoms with Crippen LogP contribution in [0.3, 0.4) is 0 Å². The zero-order chi connectivity index (χ0) is 12.8. The van der Waals surface area contributed by atoms with Crippen LogP contribution >= 0.6 is 11.6 Å². The number of hydrogen-bond donors (Lipinski definition) is 1. The number of aromatic nitrogens is 3. The minimum absolute atomic E-state index is 0.310. The molecule has 0 saturated carbocycles. The summed E-state index contributed by atoms with van der Waals surface area (Å²) in [6.07, 6.45) is 4.44. The van der Waals surface area contributed by atoms with Crippen molar-refractivity contribution >= 4 is 11.6 Å². The molecular weight excluding hydrogens is 255 g/mol. The molecule has 0 aliphatic carbocycles. The summed E-state index contributed by atoms with van der Waals surface area (Å²) in [4.78, 5) is 0. The lowest BCUT2D eigenvalue weighted by molar-refractivity contribution is 0.530. The highest BCUT2D eigenvalue weighted by atomic mass is 35.5. The Bertz CT molecular complexity index is 487. The molecule has 0 saturated heterocycles. The lowest BCUT2D eigenvalue weighted by Crippen LogP contribution is -2.17. The monoisotopic (exact) mass is 268 g/mol. The summed E-state index contributed by atoms with van der Waals surface area (Å²) in [5.41, 5.74) is 0.902. The molecule has 1 N–H and O–H groups in total. The molecule has 0 fully saturated rings. The second kappa shape index (κ2) is 6.47. The van der Waals surface area contributed by atoms with Crippen molar-refractivity contribution in [3.8, 4) is 0 Å². The van der Waals surface area contributed by atoms with Crippen LogP contribution < -0.4 is 5.32 Å².